The summed E-state index contributed by atoms with van der Waals surface area (Å²) in [4.78, 5) is 14.9. The maximum atomic E-state index is 10.9. The van der Waals surface area contributed by atoms with Crippen LogP contribution in [0.15, 0.2) is 36.7 Å². The number of ether oxygens (including phenoxy) is 2. The van der Waals surface area contributed by atoms with E-state index in [-0.39, 0.29) is 5.56 Å². The summed E-state index contributed by atoms with van der Waals surface area (Å²) in [5, 5.41) is 8.97. The Bertz CT molecular complexity index is 588. The predicted octanol–water partition coefficient (Wildman–Crippen LogP) is 2.46. The standard InChI is InChI=1S/C14H13NO4/c1-18-12-4-9(5-13(6-12)19-2)10-3-11(14(16)17)8-15-7-10/h3-8H,1-2H3,(H,16,17). The third kappa shape index (κ3) is 2.82. The van der Waals surface area contributed by atoms with Gasteiger partial charge < -0.3 is 14.6 Å². The van der Waals surface area contributed by atoms with E-state index in [2.05, 4.69) is 4.98 Å². The van der Waals surface area contributed by atoms with Gasteiger partial charge in [0, 0.05) is 24.0 Å². The number of methoxy groups -OCH3 is 2. The maximum absolute atomic E-state index is 10.9. The number of carbonyl (C=O) groups is 1. The number of benzene rings is 1. The van der Waals surface area contributed by atoms with E-state index in [0.29, 0.717) is 17.1 Å². The van der Waals surface area contributed by atoms with Gasteiger partial charge in [-0.3, -0.25) is 4.98 Å². The molecule has 2 aromatic rings. The minimum absolute atomic E-state index is 0.138. The summed E-state index contributed by atoms with van der Waals surface area (Å²) < 4.78 is 10.4. The molecule has 0 saturated carbocycles. The number of hydrogen-bond acceptors (Lipinski definition) is 4. The quantitative estimate of drug-likeness (QED) is 0.913. The summed E-state index contributed by atoms with van der Waals surface area (Å²) in [6.07, 6.45) is 2.91. The predicted molar refractivity (Wildman–Crippen MR) is 69.7 cm³/mol. The summed E-state index contributed by atoms with van der Waals surface area (Å²) in [6.45, 7) is 0. The number of hydrogen-bond donors (Lipinski definition) is 1. The molecule has 0 saturated heterocycles. The normalized spacial score (nSPS) is 10.0. The first-order valence-corrected chi connectivity index (χ1v) is 5.56. The van der Waals surface area contributed by atoms with E-state index in [9.17, 15) is 4.79 Å². The largest absolute Gasteiger partial charge is 0.497 e. The first kappa shape index (κ1) is 12.9. The van der Waals surface area contributed by atoms with Gasteiger partial charge in [-0.1, -0.05) is 0 Å². The molecule has 0 fully saturated rings. The van der Waals surface area contributed by atoms with Crippen LogP contribution in [0, 0.1) is 0 Å². The zero-order valence-electron chi connectivity index (χ0n) is 10.6. The fourth-order valence-corrected chi connectivity index (χ4v) is 1.69. The Hall–Kier alpha value is -2.56. The van der Waals surface area contributed by atoms with Crippen LogP contribution < -0.4 is 9.47 Å². The molecule has 2 rings (SSSR count). The van der Waals surface area contributed by atoms with Crippen molar-refractivity contribution in [3.63, 3.8) is 0 Å². The molecule has 0 radical (unpaired) electrons. The molecular formula is C14H13NO4. The zero-order chi connectivity index (χ0) is 13.8. The van der Waals surface area contributed by atoms with Crippen LogP contribution >= 0.6 is 0 Å². The molecule has 5 nitrogen and oxygen atoms in total. The second-order valence-corrected chi connectivity index (χ2v) is 3.87. The van der Waals surface area contributed by atoms with Crippen molar-refractivity contribution in [3.05, 3.63) is 42.2 Å². The van der Waals surface area contributed by atoms with Gasteiger partial charge >= 0.3 is 5.97 Å². The number of carboxylic acids is 1. The SMILES string of the molecule is COc1cc(OC)cc(-c2cncc(C(=O)O)c2)c1. The summed E-state index contributed by atoms with van der Waals surface area (Å²) in [5.41, 5.74) is 1.61. The van der Waals surface area contributed by atoms with Crippen LogP contribution in [-0.4, -0.2) is 30.3 Å². The molecule has 5 heteroatoms. The van der Waals surface area contributed by atoms with Gasteiger partial charge in [0.1, 0.15) is 11.5 Å². The molecule has 19 heavy (non-hydrogen) atoms. The number of rotatable bonds is 4. The van der Waals surface area contributed by atoms with Crippen molar-refractivity contribution >= 4 is 5.97 Å². The molecule has 0 amide bonds. The average Bonchev–Trinajstić information content (AvgIpc) is 2.46. The van der Waals surface area contributed by atoms with Crippen LogP contribution in [0.5, 0.6) is 11.5 Å². The van der Waals surface area contributed by atoms with Crippen LogP contribution in [0.25, 0.3) is 11.1 Å². The molecule has 0 atom stereocenters. The number of aromatic nitrogens is 1. The van der Waals surface area contributed by atoms with E-state index in [0.717, 1.165) is 5.56 Å². The molecule has 1 N–H and O–H groups in total. The molecule has 0 aliphatic heterocycles. The Labute approximate surface area is 110 Å². The van der Waals surface area contributed by atoms with E-state index >= 15 is 0 Å². The number of pyridine rings is 1. The Morgan fingerprint density at radius 3 is 2.16 bits per heavy atom. The lowest BCUT2D eigenvalue weighted by Crippen LogP contribution is -1.97. The van der Waals surface area contributed by atoms with Crippen molar-refractivity contribution in [1.29, 1.82) is 0 Å². The van der Waals surface area contributed by atoms with Crippen molar-refractivity contribution in [3.8, 4) is 22.6 Å². The number of carboxylic acid groups (broad SMARTS) is 1. The number of nitrogens with zero attached hydrogens (tertiary/aromatic N) is 1. The Morgan fingerprint density at radius 2 is 1.63 bits per heavy atom. The monoisotopic (exact) mass is 259 g/mol. The van der Waals surface area contributed by atoms with Crippen molar-refractivity contribution in [2.45, 2.75) is 0 Å². The zero-order valence-corrected chi connectivity index (χ0v) is 10.6. The van der Waals surface area contributed by atoms with E-state index in [1.54, 1.807) is 44.7 Å². The van der Waals surface area contributed by atoms with E-state index in [4.69, 9.17) is 14.6 Å². The fourth-order valence-electron chi connectivity index (χ4n) is 1.69. The van der Waals surface area contributed by atoms with Crippen LogP contribution in [-0.2, 0) is 0 Å². The average molecular weight is 259 g/mol. The lowest BCUT2D eigenvalue weighted by Gasteiger charge is -2.08. The van der Waals surface area contributed by atoms with Crippen LogP contribution in [0.3, 0.4) is 0 Å². The molecule has 1 aromatic heterocycles. The number of aromatic carboxylic acids is 1. The molecule has 0 aliphatic rings. The van der Waals surface area contributed by atoms with Gasteiger partial charge in [0.2, 0.25) is 0 Å². The van der Waals surface area contributed by atoms with Crippen molar-refractivity contribution < 1.29 is 19.4 Å². The van der Waals surface area contributed by atoms with E-state index < -0.39 is 5.97 Å². The molecule has 0 bridgehead atoms. The summed E-state index contributed by atoms with van der Waals surface area (Å²) in [5.74, 6) is 0.259. The van der Waals surface area contributed by atoms with E-state index in [1.807, 2.05) is 0 Å². The van der Waals surface area contributed by atoms with Crippen LogP contribution in [0.4, 0.5) is 0 Å². The Balaban J connectivity index is 2.51. The Morgan fingerprint density at radius 1 is 1.00 bits per heavy atom. The highest BCUT2D eigenvalue weighted by Crippen LogP contribution is 2.29. The molecule has 1 heterocycles. The topological polar surface area (TPSA) is 68.7 Å². The van der Waals surface area contributed by atoms with Crippen LogP contribution in [0.1, 0.15) is 10.4 Å². The molecule has 0 spiro atoms. The van der Waals surface area contributed by atoms with Crippen molar-refractivity contribution in [1.82, 2.24) is 4.98 Å². The maximum Gasteiger partial charge on any atom is 0.337 e. The van der Waals surface area contributed by atoms with Gasteiger partial charge in [-0.25, -0.2) is 4.79 Å². The molecule has 0 unspecified atom stereocenters. The summed E-state index contributed by atoms with van der Waals surface area (Å²) in [6, 6.07) is 6.90. The van der Waals surface area contributed by atoms with Crippen molar-refractivity contribution in [2.75, 3.05) is 14.2 Å². The van der Waals surface area contributed by atoms with Gasteiger partial charge in [-0.15, -0.1) is 0 Å². The van der Waals surface area contributed by atoms with Gasteiger partial charge in [0.05, 0.1) is 19.8 Å². The fraction of sp³-hybridized carbons (Fsp3) is 0.143. The molecule has 1 aromatic carbocycles. The second kappa shape index (κ2) is 5.39. The smallest absolute Gasteiger partial charge is 0.337 e. The first-order valence-electron chi connectivity index (χ1n) is 5.56. The molecule has 0 aliphatic carbocycles. The van der Waals surface area contributed by atoms with Gasteiger partial charge in [-0.05, 0) is 23.8 Å². The van der Waals surface area contributed by atoms with Crippen LogP contribution in [0.2, 0.25) is 0 Å². The minimum atomic E-state index is -1.01. The lowest BCUT2D eigenvalue weighted by molar-refractivity contribution is 0.0696. The molecule has 98 valence electrons. The highest BCUT2D eigenvalue weighted by atomic mass is 16.5. The summed E-state index contributed by atoms with van der Waals surface area (Å²) >= 11 is 0. The Kier molecular flexibility index (Phi) is 3.66. The first-order chi connectivity index (χ1) is 9.13. The lowest BCUT2D eigenvalue weighted by atomic mass is 10.1. The van der Waals surface area contributed by atoms with Gasteiger partial charge in [-0.2, -0.15) is 0 Å². The second-order valence-electron chi connectivity index (χ2n) is 3.87. The summed E-state index contributed by atoms with van der Waals surface area (Å²) in [7, 11) is 3.12. The molecular weight excluding hydrogens is 246 g/mol. The highest BCUT2D eigenvalue weighted by Gasteiger charge is 2.08. The minimum Gasteiger partial charge on any atom is -0.497 e. The van der Waals surface area contributed by atoms with Gasteiger partial charge in [0.25, 0.3) is 0 Å². The van der Waals surface area contributed by atoms with E-state index in [1.165, 1.54) is 6.20 Å². The third-order valence-corrected chi connectivity index (χ3v) is 2.67. The van der Waals surface area contributed by atoms with Gasteiger partial charge in [0.15, 0.2) is 0 Å². The third-order valence-electron chi connectivity index (χ3n) is 2.67. The highest BCUT2D eigenvalue weighted by molar-refractivity contribution is 5.89. The van der Waals surface area contributed by atoms with Crippen molar-refractivity contribution in [2.24, 2.45) is 0 Å².